The smallest absolute Gasteiger partial charge is 0.155 e. The van der Waals surface area contributed by atoms with Gasteiger partial charge in [-0.05, 0) is 19.8 Å². The number of hydrogen-bond donors (Lipinski definition) is 0. The van der Waals surface area contributed by atoms with Crippen LogP contribution in [-0.4, -0.2) is 72.4 Å². The molecule has 6 nitrogen and oxygen atoms in total. The summed E-state index contributed by atoms with van der Waals surface area (Å²) in [6, 6.07) is 0. The third-order valence-electron chi connectivity index (χ3n) is 3.19. The first-order valence-electron chi connectivity index (χ1n) is 9.35. The van der Waals surface area contributed by atoms with Crippen molar-refractivity contribution in [2.75, 3.05) is 66.1 Å². The Balaban J connectivity index is 3.12. The molecule has 0 aromatic heterocycles. The van der Waals surface area contributed by atoms with Crippen LogP contribution >= 0.6 is 0 Å². The molecule has 0 aliphatic rings. The fraction of sp³-hybridized carbons (Fsp3) is 1.00. The van der Waals surface area contributed by atoms with Crippen LogP contribution in [0.1, 0.15) is 46.5 Å². The van der Waals surface area contributed by atoms with Crippen LogP contribution in [0, 0.1) is 0 Å². The highest BCUT2D eigenvalue weighted by molar-refractivity contribution is 4.39. The quantitative estimate of drug-likeness (QED) is 0.248. The molecule has 0 radical (unpaired) electrons. The third kappa shape index (κ3) is 19.8. The van der Waals surface area contributed by atoms with Gasteiger partial charge in [0.2, 0.25) is 0 Å². The summed E-state index contributed by atoms with van der Waals surface area (Å²) in [6.45, 7) is 12.4. The maximum Gasteiger partial charge on any atom is 0.155 e. The van der Waals surface area contributed by atoms with Gasteiger partial charge in [-0.2, -0.15) is 0 Å². The molecule has 6 heteroatoms. The second-order valence-electron chi connectivity index (χ2n) is 5.47. The fourth-order valence-corrected chi connectivity index (χ4v) is 1.73. The van der Waals surface area contributed by atoms with Gasteiger partial charge in [-0.15, -0.1) is 0 Å². The molecule has 0 saturated heterocycles. The van der Waals surface area contributed by atoms with Crippen molar-refractivity contribution in [2.24, 2.45) is 0 Å². The molecule has 0 unspecified atom stereocenters. The summed E-state index contributed by atoms with van der Waals surface area (Å²) in [5, 5.41) is 0. The largest absolute Gasteiger partial charge is 0.379 e. The summed E-state index contributed by atoms with van der Waals surface area (Å²) in [4.78, 5) is 0. The molecule has 0 aromatic carbocycles. The first-order chi connectivity index (χ1) is 11.8. The number of ether oxygens (including phenoxy) is 6. The highest BCUT2D eigenvalue weighted by Crippen LogP contribution is 1.94. The van der Waals surface area contributed by atoms with E-state index in [-0.39, 0.29) is 6.29 Å². The molecule has 0 saturated carbocycles. The summed E-state index contributed by atoms with van der Waals surface area (Å²) in [6.07, 6.45) is 4.27. The Labute approximate surface area is 148 Å². The van der Waals surface area contributed by atoms with Crippen molar-refractivity contribution in [3.63, 3.8) is 0 Å². The monoisotopic (exact) mass is 350 g/mol. The van der Waals surface area contributed by atoms with E-state index < -0.39 is 0 Å². The summed E-state index contributed by atoms with van der Waals surface area (Å²) in [7, 11) is 0. The lowest BCUT2D eigenvalue weighted by Crippen LogP contribution is -2.19. The topological polar surface area (TPSA) is 55.4 Å². The molecule has 0 aromatic rings. The maximum absolute atomic E-state index is 5.49. The minimum atomic E-state index is -0.251. The van der Waals surface area contributed by atoms with Gasteiger partial charge in [0, 0.05) is 13.2 Å². The molecule has 0 fully saturated rings. The van der Waals surface area contributed by atoms with E-state index in [1.165, 1.54) is 0 Å². The standard InChI is InChI=1S/C18H38O6/c1-4-6-8-19-10-12-21-14-16-23-18(3)24-17-15-22-13-11-20-9-7-5-2/h18H,4-17H2,1-3H3. The molecular weight excluding hydrogens is 312 g/mol. The summed E-state index contributed by atoms with van der Waals surface area (Å²) < 4.78 is 32.6. The van der Waals surface area contributed by atoms with E-state index in [1.807, 2.05) is 6.92 Å². The number of hydrogen-bond acceptors (Lipinski definition) is 6. The van der Waals surface area contributed by atoms with Gasteiger partial charge in [-0.1, -0.05) is 26.7 Å². The van der Waals surface area contributed by atoms with Crippen LogP contribution in [0.5, 0.6) is 0 Å². The van der Waals surface area contributed by atoms with Crippen LogP contribution in [0.2, 0.25) is 0 Å². The van der Waals surface area contributed by atoms with Gasteiger partial charge in [0.25, 0.3) is 0 Å². The second-order valence-corrected chi connectivity index (χ2v) is 5.47. The zero-order chi connectivity index (χ0) is 17.7. The molecule has 0 aliphatic heterocycles. The molecule has 0 amide bonds. The Morgan fingerprint density at radius 1 is 0.500 bits per heavy atom. The van der Waals surface area contributed by atoms with Crippen molar-refractivity contribution in [1.29, 1.82) is 0 Å². The SMILES string of the molecule is CCCCOCCOCCOC(C)OCCOCCOCCCC. The van der Waals surface area contributed by atoms with E-state index in [0.717, 1.165) is 38.9 Å². The summed E-state index contributed by atoms with van der Waals surface area (Å²) in [5.74, 6) is 0. The first-order valence-corrected chi connectivity index (χ1v) is 9.35. The van der Waals surface area contributed by atoms with Gasteiger partial charge >= 0.3 is 0 Å². The predicted molar refractivity (Wildman–Crippen MR) is 94.5 cm³/mol. The van der Waals surface area contributed by atoms with E-state index in [4.69, 9.17) is 28.4 Å². The van der Waals surface area contributed by atoms with Gasteiger partial charge in [0.1, 0.15) is 0 Å². The fourth-order valence-electron chi connectivity index (χ4n) is 1.73. The average Bonchev–Trinajstić information content (AvgIpc) is 2.59. The van der Waals surface area contributed by atoms with Crippen LogP contribution < -0.4 is 0 Å². The molecule has 0 bridgehead atoms. The van der Waals surface area contributed by atoms with Crippen LogP contribution in [0.4, 0.5) is 0 Å². The van der Waals surface area contributed by atoms with Gasteiger partial charge in [0.05, 0.1) is 52.9 Å². The molecule has 24 heavy (non-hydrogen) atoms. The molecule has 0 heterocycles. The maximum atomic E-state index is 5.49. The number of unbranched alkanes of at least 4 members (excludes halogenated alkanes) is 2. The van der Waals surface area contributed by atoms with Crippen molar-refractivity contribution in [1.82, 2.24) is 0 Å². The molecular formula is C18H38O6. The summed E-state index contributed by atoms with van der Waals surface area (Å²) in [5.41, 5.74) is 0. The third-order valence-corrected chi connectivity index (χ3v) is 3.19. The molecule has 0 spiro atoms. The van der Waals surface area contributed by atoms with E-state index in [2.05, 4.69) is 13.8 Å². The Kier molecular flexibility index (Phi) is 20.6. The molecule has 146 valence electrons. The average molecular weight is 350 g/mol. The van der Waals surface area contributed by atoms with Gasteiger partial charge < -0.3 is 28.4 Å². The van der Waals surface area contributed by atoms with Crippen molar-refractivity contribution >= 4 is 0 Å². The van der Waals surface area contributed by atoms with Crippen molar-refractivity contribution in [3.8, 4) is 0 Å². The second kappa shape index (κ2) is 20.8. The van der Waals surface area contributed by atoms with Crippen LogP contribution in [0.15, 0.2) is 0 Å². The first kappa shape index (κ1) is 23.8. The zero-order valence-electron chi connectivity index (χ0n) is 15.9. The highest BCUT2D eigenvalue weighted by atomic mass is 16.7. The Morgan fingerprint density at radius 3 is 1.21 bits per heavy atom. The lowest BCUT2D eigenvalue weighted by molar-refractivity contribution is -0.148. The normalized spacial score (nSPS) is 11.5. The predicted octanol–water partition coefficient (Wildman–Crippen LogP) is 3.03. The summed E-state index contributed by atoms with van der Waals surface area (Å²) >= 11 is 0. The van der Waals surface area contributed by atoms with E-state index in [0.29, 0.717) is 52.9 Å². The Hall–Kier alpha value is -0.240. The van der Waals surface area contributed by atoms with Crippen molar-refractivity contribution in [2.45, 2.75) is 52.7 Å². The van der Waals surface area contributed by atoms with E-state index in [1.54, 1.807) is 0 Å². The van der Waals surface area contributed by atoms with Crippen LogP contribution in [0.25, 0.3) is 0 Å². The minimum absolute atomic E-state index is 0.251. The molecule has 0 N–H and O–H groups in total. The zero-order valence-corrected chi connectivity index (χ0v) is 15.9. The van der Waals surface area contributed by atoms with Gasteiger partial charge in [0.15, 0.2) is 6.29 Å². The van der Waals surface area contributed by atoms with Crippen LogP contribution in [0.3, 0.4) is 0 Å². The highest BCUT2D eigenvalue weighted by Gasteiger charge is 2.01. The lowest BCUT2D eigenvalue weighted by atomic mass is 10.4. The number of rotatable bonds is 20. The Bertz CT molecular complexity index is 206. The van der Waals surface area contributed by atoms with Gasteiger partial charge in [-0.3, -0.25) is 0 Å². The lowest BCUT2D eigenvalue weighted by Gasteiger charge is -2.14. The molecule has 0 aliphatic carbocycles. The van der Waals surface area contributed by atoms with Gasteiger partial charge in [-0.25, -0.2) is 0 Å². The van der Waals surface area contributed by atoms with Crippen molar-refractivity contribution < 1.29 is 28.4 Å². The van der Waals surface area contributed by atoms with E-state index >= 15 is 0 Å². The molecule has 0 atom stereocenters. The van der Waals surface area contributed by atoms with E-state index in [9.17, 15) is 0 Å². The van der Waals surface area contributed by atoms with Crippen molar-refractivity contribution in [3.05, 3.63) is 0 Å². The Morgan fingerprint density at radius 2 is 0.833 bits per heavy atom. The minimum Gasteiger partial charge on any atom is -0.379 e. The van der Waals surface area contributed by atoms with Crippen LogP contribution in [-0.2, 0) is 28.4 Å². The molecule has 0 rings (SSSR count).